The van der Waals surface area contributed by atoms with Crippen molar-refractivity contribution in [2.75, 3.05) is 12.4 Å². The van der Waals surface area contributed by atoms with Crippen molar-refractivity contribution in [3.63, 3.8) is 0 Å². The third kappa shape index (κ3) is 5.25. The predicted octanol–water partition coefficient (Wildman–Crippen LogP) is 2.53. The summed E-state index contributed by atoms with van der Waals surface area (Å²) in [5, 5.41) is 12.1. The Balaban J connectivity index is 2.52. The summed E-state index contributed by atoms with van der Waals surface area (Å²) in [7, 11) is 0. The van der Waals surface area contributed by atoms with E-state index in [9.17, 15) is 9.90 Å². The Morgan fingerprint density at radius 3 is 2.63 bits per heavy atom. The fraction of sp³-hybridized carbons (Fsp3) is 0.533. The lowest BCUT2D eigenvalue weighted by molar-refractivity contribution is -0.119. The van der Waals surface area contributed by atoms with Crippen molar-refractivity contribution in [1.29, 1.82) is 0 Å². The molecule has 0 spiro atoms. The molecule has 1 atom stereocenters. The van der Waals surface area contributed by atoms with E-state index in [0.717, 1.165) is 4.90 Å². The van der Waals surface area contributed by atoms with Crippen molar-refractivity contribution in [3.8, 4) is 0 Å². The van der Waals surface area contributed by atoms with E-state index >= 15 is 0 Å². The van der Waals surface area contributed by atoms with Gasteiger partial charge in [0, 0.05) is 4.90 Å². The molecule has 0 aromatic heterocycles. The van der Waals surface area contributed by atoms with Crippen molar-refractivity contribution in [1.82, 2.24) is 5.32 Å². The fourth-order valence-electron chi connectivity index (χ4n) is 1.68. The van der Waals surface area contributed by atoms with Crippen LogP contribution in [0.5, 0.6) is 0 Å². The molecular formula is C15H23NO2S. The molecule has 1 unspecified atom stereocenters. The molecule has 2 N–H and O–H groups in total. The molecule has 1 aromatic carbocycles. The summed E-state index contributed by atoms with van der Waals surface area (Å²) in [6.45, 7) is 8.05. The Labute approximate surface area is 119 Å². The Morgan fingerprint density at radius 2 is 2.05 bits per heavy atom. The largest absolute Gasteiger partial charge is 0.394 e. The van der Waals surface area contributed by atoms with Gasteiger partial charge in [0.15, 0.2) is 0 Å². The summed E-state index contributed by atoms with van der Waals surface area (Å²) in [5.74, 6) is 0.589. The van der Waals surface area contributed by atoms with Gasteiger partial charge in [0.2, 0.25) is 5.91 Å². The topological polar surface area (TPSA) is 49.3 Å². The third-order valence-corrected chi connectivity index (χ3v) is 4.21. The molecule has 4 heteroatoms. The number of carbonyl (C=O) groups excluding carboxylic acids is 1. The lowest BCUT2D eigenvalue weighted by Crippen LogP contribution is -2.41. The van der Waals surface area contributed by atoms with Gasteiger partial charge in [-0.3, -0.25) is 4.79 Å². The molecule has 0 saturated heterocycles. The molecule has 0 fully saturated rings. The van der Waals surface area contributed by atoms with E-state index in [1.165, 1.54) is 22.9 Å². The zero-order valence-electron chi connectivity index (χ0n) is 12.1. The highest BCUT2D eigenvalue weighted by Crippen LogP contribution is 2.23. The van der Waals surface area contributed by atoms with Crippen LogP contribution in [0.2, 0.25) is 0 Å². The zero-order valence-corrected chi connectivity index (χ0v) is 12.9. The second-order valence-corrected chi connectivity index (χ2v) is 6.18. The Morgan fingerprint density at radius 1 is 1.37 bits per heavy atom. The number of carbonyl (C=O) groups is 1. The second-order valence-electron chi connectivity index (χ2n) is 5.16. The summed E-state index contributed by atoms with van der Waals surface area (Å²) in [4.78, 5) is 13.0. The van der Waals surface area contributed by atoms with Crippen LogP contribution in [0, 0.1) is 19.8 Å². The Kier molecular flexibility index (Phi) is 6.38. The number of benzene rings is 1. The first-order valence-electron chi connectivity index (χ1n) is 6.54. The summed E-state index contributed by atoms with van der Waals surface area (Å²) >= 11 is 1.54. The minimum absolute atomic E-state index is 0.0163. The molecule has 1 amide bonds. The van der Waals surface area contributed by atoms with Crippen molar-refractivity contribution in [3.05, 3.63) is 29.3 Å². The van der Waals surface area contributed by atoms with Crippen LogP contribution in [0.3, 0.4) is 0 Å². The standard InChI is InChI=1S/C15H23NO2S/c1-10(2)13(8-17)16-15(18)9-19-14-7-11(3)5-6-12(14)4/h5-7,10,13,17H,8-9H2,1-4H3,(H,16,18). The molecule has 0 aliphatic heterocycles. The Bertz CT molecular complexity index is 432. The van der Waals surface area contributed by atoms with Gasteiger partial charge >= 0.3 is 0 Å². The quantitative estimate of drug-likeness (QED) is 0.788. The van der Waals surface area contributed by atoms with Gasteiger partial charge in [0.05, 0.1) is 18.4 Å². The van der Waals surface area contributed by atoms with Crippen LogP contribution in [0.4, 0.5) is 0 Å². The maximum Gasteiger partial charge on any atom is 0.230 e. The second kappa shape index (κ2) is 7.56. The molecule has 0 saturated carbocycles. The van der Waals surface area contributed by atoms with Crippen LogP contribution in [-0.4, -0.2) is 29.4 Å². The smallest absolute Gasteiger partial charge is 0.230 e. The predicted molar refractivity (Wildman–Crippen MR) is 80.5 cm³/mol. The highest BCUT2D eigenvalue weighted by molar-refractivity contribution is 8.00. The van der Waals surface area contributed by atoms with Crippen LogP contribution < -0.4 is 5.32 Å². The number of aliphatic hydroxyl groups is 1. The molecule has 0 bridgehead atoms. The van der Waals surface area contributed by atoms with Crippen LogP contribution in [0.1, 0.15) is 25.0 Å². The molecule has 1 rings (SSSR count). The number of hydrogen-bond acceptors (Lipinski definition) is 3. The SMILES string of the molecule is Cc1ccc(C)c(SCC(=O)NC(CO)C(C)C)c1. The van der Waals surface area contributed by atoms with Gasteiger partial charge < -0.3 is 10.4 Å². The van der Waals surface area contributed by atoms with Crippen LogP contribution in [-0.2, 0) is 4.79 Å². The van der Waals surface area contributed by atoms with Crippen molar-refractivity contribution >= 4 is 17.7 Å². The fourth-order valence-corrected chi connectivity index (χ4v) is 2.61. The number of amides is 1. The average Bonchev–Trinajstić information content (AvgIpc) is 2.36. The molecule has 0 radical (unpaired) electrons. The van der Waals surface area contributed by atoms with E-state index in [2.05, 4.69) is 23.5 Å². The number of nitrogens with one attached hydrogen (secondary N) is 1. The summed E-state index contributed by atoms with van der Waals surface area (Å²) < 4.78 is 0. The van der Waals surface area contributed by atoms with Crippen molar-refractivity contribution in [2.24, 2.45) is 5.92 Å². The van der Waals surface area contributed by atoms with E-state index in [-0.39, 0.29) is 24.5 Å². The van der Waals surface area contributed by atoms with Gasteiger partial charge in [0.1, 0.15) is 0 Å². The van der Waals surface area contributed by atoms with Gasteiger partial charge in [0.25, 0.3) is 0 Å². The first kappa shape index (κ1) is 16.1. The maximum atomic E-state index is 11.8. The van der Waals surface area contributed by atoms with E-state index in [4.69, 9.17) is 0 Å². The van der Waals surface area contributed by atoms with Crippen LogP contribution in [0.15, 0.2) is 23.1 Å². The third-order valence-electron chi connectivity index (χ3n) is 3.05. The first-order chi connectivity index (χ1) is 8.93. The summed E-state index contributed by atoms with van der Waals surface area (Å²) in [6, 6.07) is 6.08. The Hall–Kier alpha value is -1.00. The first-order valence-corrected chi connectivity index (χ1v) is 7.53. The van der Waals surface area contributed by atoms with Gasteiger partial charge in [-0.25, -0.2) is 0 Å². The van der Waals surface area contributed by atoms with E-state index in [1.807, 2.05) is 27.7 Å². The molecule has 0 aliphatic carbocycles. The summed E-state index contributed by atoms with van der Waals surface area (Å²) in [5.41, 5.74) is 2.38. The normalized spacial score (nSPS) is 12.5. The van der Waals surface area contributed by atoms with E-state index in [0.29, 0.717) is 5.75 Å². The van der Waals surface area contributed by atoms with Gasteiger partial charge in [-0.05, 0) is 31.4 Å². The zero-order chi connectivity index (χ0) is 14.4. The number of rotatable bonds is 6. The average molecular weight is 281 g/mol. The molecule has 0 aliphatic rings. The molecule has 106 valence electrons. The minimum atomic E-state index is -0.160. The van der Waals surface area contributed by atoms with Crippen molar-refractivity contribution < 1.29 is 9.90 Å². The number of aliphatic hydroxyl groups excluding tert-OH is 1. The van der Waals surface area contributed by atoms with Crippen LogP contribution in [0.25, 0.3) is 0 Å². The molecular weight excluding hydrogens is 258 g/mol. The van der Waals surface area contributed by atoms with Crippen molar-refractivity contribution in [2.45, 2.75) is 38.6 Å². The summed E-state index contributed by atoms with van der Waals surface area (Å²) in [6.07, 6.45) is 0. The molecule has 1 aromatic rings. The highest BCUT2D eigenvalue weighted by atomic mass is 32.2. The minimum Gasteiger partial charge on any atom is -0.394 e. The van der Waals surface area contributed by atoms with E-state index in [1.54, 1.807) is 0 Å². The monoisotopic (exact) mass is 281 g/mol. The van der Waals surface area contributed by atoms with Gasteiger partial charge in [-0.2, -0.15) is 0 Å². The lowest BCUT2D eigenvalue weighted by atomic mass is 10.1. The molecule has 3 nitrogen and oxygen atoms in total. The van der Waals surface area contributed by atoms with Crippen LogP contribution >= 0.6 is 11.8 Å². The lowest BCUT2D eigenvalue weighted by Gasteiger charge is -2.19. The number of aryl methyl sites for hydroxylation is 2. The highest BCUT2D eigenvalue weighted by Gasteiger charge is 2.15. The van der Waals surface area contributed by atoms with E-state index < -0.39 is 0 Å². The van der Waals surface area contributed by atoms with Gasteiger partial charge in [-0.15, -0.1) is 11.8 Å². The molecule has 0 heterocycles. The molecule has 19 heavy (non-hydrogen) atoms. The number of thioether (sulfide) groups is 1. The van der Waals surface area contributed by atoms with Gasteiger partial charge in [-0.1, -0.05) is 31.5 Å². The maximum absolute atomic E-state index is 11.8. The number of hydrogen-bond donors (Lipinski definition) is 2.